The number of nitrogens with one attached hydrogen (secondary N) is 1. The Morgan fingerprint density at radius 3 is 2.71 bits per heavy atom. The lowest BCUT2D eigenvalue weighted by molar-refractivity contribution is 0.293. The maximum Gasteiger partial charge on any atom is 0.243 e. The van der Waals surface area contributed by atoms with Crippen molar-refractivity contribution in [1.29, 1.82) is 0 Å². The van der Waals surface area contributed by atoms with E-state index in [0.717, 1.165) is 12.8 Å². The van der Waals surface area contributed by atoms with Gasteiger partial charge in [-0.2, -0.15) is 4.31 Å². The molecule has 1 fully saturated rings. The van der Waals surface area contributed by atoms with Gasteiger partial charge in [-0.3, -0.25) is 0 Å². The van der Waals surface area contributed by atoms with Gasteiger partial charge in [-0.15, -0.1) is 12.4 Å². The van der Waals surface area contributed by atoms with Crippen molar-refractivity contribution < 1.29 is 13.2 Å². The molecule has 1 heterocycles. The summed E-state index contributed by atoms with van der Waals surface area (Å²) in [6, 6.07) is 4.75. The summed E-state index contributed by atoms with van der Waals surface area (Å²) in [5.74, 6) is 0.470. The lowest BCUT2D eigenvalue weighted by Crippen LogP contribution is -2.46. The predicted molar refractivity (Wildman–Crippen MR) is 86.1 cm³/mol. The van der Waals surface area contributed by atoms with Crippen LogP contribution in [0.1, 0.15) is 12.8 Å². The molecule has 1 unspecified atom stereocenters. The van der Waals surface area contributed by atoms with Gasteiger partial charge in [0.25, 0.3) is 0 Å². The fourth-order valence-electron chi connectivity index (χ4n) is 2.35. The summed E-state index contributed by atoms with van der Waals surface area (Å²) < 4.78 is 31.8. The number of halogens is 2. The van der Waals surface area contributed by atoms with Gasteiger partial charge in [-0.1, -0.05) is 11.6 Å². The van der Waals surface area contributed by atoms with Gasteiger partial charge in [0.15, 0.2) is 0 Å². The molecule has 0 spiro atoms. The number of benzene rings is 1. The van der Waals surface area contributed by atoms with Crippen LogP contribution < -0.4 is 10.1 Å². The van der Waals surface area contributed by atoms with Crippen molar-refractivity contribution in [3.63, 3.8) is 0 Å². The number of piperidine rings is 1. The van der Waals surface area contributed by atoms with Crippen LogP contribution in [-0.4, -0.2) is 46.0 Å². The molecule has 0 amide bonds. The van der Waals surface area contributed by atoms with Crippen LogP contribution in [0, 0.1) is 0 Å². The van der Waals surface area contributed by atoms with E-state index < -0.39 is 10.0 Å². The maximum atomic E-state index is 12.6. The first-order valence-electron chi connectivity index (χ1n) is 6.50. The molecule has 0 bridgehead atoms. The predicted octanol–water partition coefficient (Wildman–Crippen LogP) is 2.14. The molecule has 1 aliphatic heterocycles. The zero-order chi connectivity index (χ0) is 14.8. The first kappa shape index (κ1) is 18.5. The van der Waals surface area contributed by atoms with Gasteiger partial charge in [0.05, 0.1) is 17.0 Å². The second-order valence-corrected chi connectivity index (χ2v) is 7.13. The van der Waals surface area contributed by atoms with Gasteiger partial charge in [0, 0.05) is 19.1 Å². The number of sulfonamides is 1. The Hall–Kier alpha value is -0.530. The Kier molecular flexibility index (Phi) is 6.74. The third-order valence-corrected chi connectivity index (χ3v) is 5.71. The standard InChI is InChI=1S/C13H19ClN2O3S.ClH/c1-15-10-4-3-7-16(9-10)20(17,18)11-5-6-13(19-2)12(14)8-11;/h5-6,8,10,15H,3-4,7,9H2,1-2H3;1H. The highest BCUT2D eigenvalue weighted by Crippen LogP contribution is 2.29. The summed E-state index contributed by atoms with van der Waals surface area (Å²) in [7, 11) is -0.149. The van der Waals surface area contributed by atoms with E-state index in [1.165, 1.54) is 23.5 Å². The number of hydrogen-bond acceptors (Lipinski definition) is 4. The molecule has 2 rings (SSSR count). The van der Waals surface area contributed by atoms with Crippen molar-refractivity contribution in [1.82, 2.24) is 9.62 Å². The van der Waals surface area contributed by atoms with Gasteiger partial charge in [0.1, 0.15) is 5.75 Å². The van der Waals surface area contributed by atoms with Crippen LogP contribution >= 0.6 is 24.0 Å². The lowest BCUT2D eigenvalue weighted by Gasteiger charge is -2.31. The lowest BCUT2D eigenvalue weighted by atomic mass is 10.1. The number of likely N-dealkylation sites (N-methyl/N-ethyl adjacent to an activating group) is 1. The molecule has 1 saturated heterocycles. The van der Waals surface area contributed by atoms with E-state index in [4.69, 9.17) is 16.3 Å². The fourth-order valence-corrected chi connectivity index (χ4v) is 4.23. The number of ether oxygens (including phenoxy) is 1. The van der Waals surface area contributed by atoms with Crippen LogP contribution in [0.5, 0.6) is 5.75 Å². The average molecular weight is 355 g/mol. The second kappa shape index (κ2) is 7.65. The highest BCUT2D eigenvalue weighted by Gasteiger charge is 2.30. The van der Waals surface area contributed by atoms with Gasteiger partial charge in [0.2, 0.25) is 10.0 Å². The molecule has 21 heavy (non-hydrogen) atoms. The van der Waals surface area contributed by atoms with Crippen LogP contribution in [0.3, 0.4) is 0 Å². The van der Waals surface area contributed by atoms with Crippen molar-refractivity contribution in [2.45, 2.75) is 23.8 Å². The van der Waals surface area contributed by atoms with Crippen molar-refractivity contribution in [3.05, 3.63) is 23.2 Å². The zero-order valence-corrected chi connectivity index (χ0v) is 14.4. The van der Waals surface area contributed by atoms with Gasteiger partial charge in [-0.25, -0.2) is 8.42 Å². The van der Waals surface area contributed by atoms with Crippen LogP contribution in [0.25, 0.3) is 0 Å². The summed E-state index contributed by atoms with van der Waals surface area (Å²) in [6.45, 7) is 1.03. The molecule has 0 radical (unpaired) electrons. The smallest absolute Gasteiger partial charge is 0.243 e. The molecule has 0 saturated carbocycles. The number of rotatable bonds is 4. The minimum Gasteiger partial charge on any atom is -0.495 e. The van der Waals surface area contributed by atoms with Crippen molar-refractivity contribution in [2.75, 3.05) is 27.2 Å². The molecular weight excluding hydrogens is 335 g/mol. The maximum absolute atomic E-state index is 12.6. The van der Waals surface area contributed by atoms with E-state index in [9.17, 15) is 8.42 Å². The highest BCUT2D eigenvalue weighted by molar-refractivity contribution is 7.89. The summed E-state index contributed by atoms with van der Waals surface area (Å²) in [5, 5.41) is 3.44. The fraction of sp³-hybridized carbons (Fsp3) is 0.538. The summed E-state index contributed by atoms with van der Waals surface area (Å²) in [6.07, 6.45) is 1.85. The molecule has 1 N–H and O–H groups in total. The first-order valence-corrected chi connectivity index (χ1v) is 8.32. The average Bonchev–Trinajstić information content (AvgIpc) is 2.47. The monoisotopic (exact) mass is 354 g/mol. The van der Waals surface area contributed by atoms with Crippen LogP contribution in [0.2, 0.25) is 5.02 Å². The van der Waals surface area contributed by atoms with Crippen LogP contribution in [0.4, 0.5) is 0 Å². The Labute approximate surface area is 137 Å². The Balaban J connectivity index is 0.00000220. The van der Waals surface area contributed by atoms with E-state index in [1.54, 1.807) is 6.07 Å². The highest BCUT2D eigenvalue weighted by atomic mass is 35.5. The molecule has 8 heteroatoms. The van der Waals surface area contributed by atoms with Crippen molar-refractivity contribution in [2.24, 2.45) is 0 Å². The topological polar surface area (TPSA) is 58.6 Å². The Morgan fingerprint density at radius 2 is 2.14 bits per heavy atom. The van der Waals surface area contributed by atoms with E-state index in [-0.39, 0.29) is 23.3 Å². The van der Waals surface area contributed by atoms with E-state index in [1.807, 2.05) is 7.05 Å². The number of nitrogens with zero attached hydrogens (tertiary/aromatic N) is 1. The second-order valence-electron chi connectivity index (χ2n) is 4.79. The molecule has 1 atom stereocenters. The minimum atomic E-state index is -3.50. The summed E-state index contributed by atoms with van der Waals surface area (Å²) in [5.41, 5.74) is 0. The van der Waals surface area contributed by atoms with E-state index >= 15 is 0 Å². The summed E-state index contributed by atoms with van der Waals surface area (Å²) >= 11 is 6.01. The van der Waals surface area contributed by atoms with Gasteiger partial charge in [-0.05, 0) is 38.1 Å². The molecular formula is C13H20Cl2N2O3S. The van der Waals surface area contributed by atoms with Crippen molar-refractivity contribution >= 4 is 34.0 Å². The quantitative estimate of drug-likeness (QED) is 0.899. The van der Waals surface area contributed by atoms with Crippen LogP contribution in [0.15, 0.2) is 23.1 Å². The van der Waals surface area contributed by atoms with Gasteiger partial charge >= 0.3 is 0 Å². The largest absolute Gasteiger partial charge is 0.495 e. The zero-order valence-electron chi connectivity index (χ0n) is 12.0. The third kappa shape index (κ3) is 4.02. The minimum absolute atomic E-state index is 0. The Morgan fingerprint density at radius 1 is 1.43 bits per heavy atom. The molecule has 0 aliphatic carbocycles. The molecule has 1 aliphatic rings. The van der Waals surface area contributed by atoms with Crippen LogP contribution in [-0.2, 0) is 10.0 Å². The first-order chi connectivity index (χ1) is 9.48. The molecule has 1 aromatic rings. The van der Waals surface area contributed by atoms with Gasteiger partial charge < -0.3 is 10.1 Å². The number of hydrogen-bond donors (Lipinski definition) is 1. The summed E-state index contributed by atoms with van der Waals surface area (Å²) in [4.78, 5) is 0.208. The van der Waals surface area contributed by atoms with E-state index in [2.05, 4.69) is 5.32 Å². The molecule has 5 nitrogen and oxygen atoms in total. The third-order valence-electron chi connectivity index (χ3n) is 3.55. The normalized spacial score (nSPS) is 19.9. The Bertz CT molecular complexity index is 581. The molecule has 1 aromatic carbocycles. The van der Waals surface area contributed by atoms with E-state index in [0.29, 0.717) is 23.9 Å². The number of methoxy groups -OCH3 is 1. The molecule has 120 valence electrons. The SMILES string of the molecule is CNC1CCCN(S(=O)(=O)c2ccc(OC)c(Cl)c2)C1.Cl. The van der Waals surface area contributed by atoms with Crippen molar-refractivity contribution in [3.8, 4) is 5.75 Å². The molecule has 0 aromatic heterocycles.